The van der Waals surface area contributed by atoms with Crippen LogP contribution >= 0.6 is 11.3 Å². The number of carboxylic acids is 1. The summed E-state index contributed by atoms with van der Waals surface area (Å²) < 4.78 is 40.8. The molecule has 3 aromatic rings. The number of para-hydroxylation sites is 1. The van der Waals surface area contributed by atoms with Gasteiger partial charge in [-0.15, -0.1) is 11.3 Å². The van der Waals surface area contributed by atoms with Crippen LogP contribution in [0.25, 0.3) is 17.3 Å². The summed E-state index contributed by atoms with van der Waals surface area (Å²) in [4.78, 5) is 28.3. The smallest absolute Gasteiger partial charge is 0.331 e. The normalized spacial score (nSPS) is 15.2. The number of ether oxygens (including phenoxy) is 2. The maximum absolute atomic E-state index is 14.5. The first-order valence-corrected chi connectivity index (χ1v) is 13.5. The molecule has 0 spiro atoms. The molecule has 1 heterocycles. The van der Waals surface area contributed by atoms with E-state index in [1.54, 1.807) is 19.6 Å². The molecule has 2 N–H and O–H groups in total. The Morgan fingerprint density at radius 2 is 1.85 bits per heavy atom. The number of methoxy groups -OCH3 is 2. The van der Waals surface area contributed by atoms with Crippen molar-refractivity contribution < 1.29 is 33.0 Å². The Labute approximate surface area is 229 Å². The number of aliphatic carboxylic acids is 1. The lowest BCUT2D eigenvalue weighted by molar-refractivity contribution is -0.132. The van der Waals surface area contributed by atoms with Crippen molar-refractivity contribution in [3.63, 3.8) is 0 Å². The molecule has 4 rings (SSSR count). The molecule has 0 bridgehead atoms. The Morgan fingerprint density at radius 3 is 2.46 bits per heavy atom. The number of hydrogen-bond donors (Lipinski definition) is 2. The van der Waals surface area contributed by atoms with Gasteiger partial charge in [0.25, 0.3) is 5.91 Å². The van der Waals surface area contributed by atoms with Crippen molar-refractivity contribution in [3.8, 4) is 17.0 Å². The standard InChI is InChI=1S/C29H30F2N2O5S/c1-16(28(35)36)12-21-22(30)13-18(14-23(21)31)27(34)33-29-32-24(15-39-29)19-10-7-11-20(26(19)38-3)25(37-2)17-8-5-4-6-9-17/h7,10-15,17,25H,4-6,8-9H2,1-3H3,(H,35,36)(H,32,33,34)/b16-12+. The largest absolute Gasteiger partial charge is 0.496 e. The van der Waals surface area contributed by atoms with Gasteiger partial charge < -0.3 is 14.6 Å². The van der Waals surface area contributed by atoms with Crippen LogP contribution in [0.5, 0.6) is 5.75 Å². The van der Waals surface area contributed by atoms with E-state index in [2.05, 4.69) is 10.3 Å². The van der Waals surface area contributed by atoms with Crippen molar-refractivity contribution in [1.82, 2.24) is 4.98 Å². The Bertz CT molecular complexity index is 1380. The third-order valence-electron chi connectivity index (χ3n) is 6.93. The fraction of sp³-hybridized carbons (Fsp3) is 0.345. The zero-order valence-corrected chi connectivity index (χ0v) is 22.7. The molecule has 1 aliphatic rings. The van der Waals surface area contributed by atoms with Gasteiger partial charge in [0.15, 0.2) is 5.13 Å². The zero-order chi connectivity index (χ0) is 28.1. The molecule has 7 nitrogen and oxygen atoms in total. The van der Waals surface area contributed by atoms with Gasteiger partial charge in [-0.05, 0) is 50.0 Å². The molecule has 1 aromatic heterocycles. The molecule has 1 aliphatic carbocycles. The van der Waals surface area contributed by atoms with Crippen LogP contribution in [-0.2, 0) is 9.53 Å². The number of carbonyl (C=O) groups is 2. The molecular weight excluding hydrogens is 526 g/mol. The van der Waals surface area contributed by atoms with Gasteiger partial charge in [-0.1, -0.05) is 31.4 Å². The second kappa shape index (κ2) is 12.5. The van der Waals surface area contributed by atoms with Crippen LogP contribution in [0.2, 0.25) is 0 Å². The van der Waals surface area contributed by atoms with E-state index in [1.165, 1.54) is 37.5 Å². The minimum Gasteiger partial charge on any atom is -0.496 e. The van der Waals surface area contributed by atoms with E-state index in [0.717, 1.165) is 42.2 Å². The number of carbonyl (C=O) groups excluding carboxylic acids is 1. The maximum Gasteiger partial charge on any atom is 0.331 e. The summed E-state index contributed by atoms with van der Waals surface area (Å²) in [7, 11) is 3.31. The number of thiazole rings is 1. The number of carboxylic acid groups (broad SMARTS) is 1. The first-order chi connectivity index (χ1) is 18.7. The average molecular weight is 557 g/mol. The van der Waals surface area contributed by atoms with Gasteiger partial charge in [0.1, 0.15) is 17.4 Å². The summed E-state index contributed by atoms with van der Waals surface area (Å²) in [6.45, 7) is 1.22. The molecule has 0 aliphatic heterocycles. The van der Waals surface area contributed by atoms with Crippen molar-refractivity contribution in [2.24, 2.45) is 5.92 Å². The highest BCUT2D eigenvalue weighted by molar-refractivity contribution is 7.14. The lowest BCUT2D eigenvalue weighted by atomic mass is 9.82. The lowest BCUT2D eigenvalue weighted by Gasteiger charge is -2.30. The van der Waals surface area contributed by atoms with Crippen molar-refractivity contribution >= 4 is 34.4 Å². The molecule has 2 aromatic carbocycles. The van der Waals surface area contributed by atoms with E-state index in [0.29, 0.717) is 17.4 Å². The van der Waals surface area contributed by atoms with Crippen molar-refractivity contribution in [1.29, 1.82) is 0 Å². The third-order valence-corrected chi connectivity index (χ3v) is 7.69. The summed E-state index contributed by atoms with van der Waals surface area (Å²) in [5.41, 5.74) is 1.23. The molecule has 0 radical (unpaired) electrons. The fourth-order valence-electron chi connectivity index (χ4n) is 4.97. The van der Waals surface area contributed by atoms with Crippen molar-refractivity contribution in [2.75, 3.05) is 19.5 Å². The monoisotopic (exact) mass is 556 g/mol. The number of hydrogen-bond acceptors (Lipinski definition) is 6. The second-order valence-electron chi connectivity index (χ2n) is 9.46. The van der Waals surface area contributed by atoms with Gasteiger partial charge >= 0.3 is 5.97 Å². The summed E-state index contributed by atoms with van der Waals surface area (Å²) in [5.74, 6) is -3.10. The van der Waals surface area contributed by atoms with Crippen LogP contribution in [0.4, 0.5) is 13.9 Å². The molecule has 206 valence electrons. The number of nitrogens with zero attached hydrogens (tertiary/aromatic N) is 1. The number of nitrogens with one attached hydrogen (secondary N) is 1. The van der Waals surface area contributed by atoms with E-state index in [9.17, 15) is 18.4 Å². The Balaban J connectivity index is 1.57. The van der Waals surface area contributed by atoms with E-state index in [-0.39, 0.29) is 22.4 Å². The van der Waals surface area contributed by atoms with Gasteiger partial charge in [-0.25, -0.2) is 18.6 Å². The quantitative estimate of drug-likeness (QED) is 0.273. The number of benzene rings is 2. The predicted octanol–water partition coefficient (Wildman–Crippen LogP) is 7.10. The summed E-state index contributed by atoms with van der Waals surface area (Å²) in [5, 5.41) is 13.6. The Hall–Kier alpha value is -3.63. The van der Waals surface area contributed by atoms with Crippen LogP contribution in [0.15, 0.2) is 41.3 Å². The number of amides is 1. The van der Waals surface area contributed by atoms with Gasteiger partial charge in [0, 0.05) is 40.3 Å². The predicted molar refractivity (Wildman–Crippen MR) is 146 cm³/mol. The molecular formula is C29H30F2N2O5S. The van der Waals surface area contributed by atoms with E-state index in [4.69, 9.17) is 14.6 Å². The molecule has 0 saturated heterocycles. The molecule has 1 fully saturated rings. The topological polar surface area (TPSA) is 97.8 Å². The summed E-state index contributed by atoms with van der Waals surface area (Å²) >= 11 is 1.17. The summed E-state index contributed by atoms with van der Waals surface area (Å²) in [6, 6.07) is 7.52. The first-order valence-electron chi connectivity index (χ1n) is 12.6. The number of aromatic nitrogens is 1. The third kappa shape index (κ3) is 6.34. The van der Waals surface area contributed by atoms with Crippen LogP contribution in [0.1, 0.15) is 66.6 Å². The highest BCUT2D eigenvalue weighted by Crippen LogP contribution is 2.43. The lowest BCUT2D eigenvalue weighted by Crippen LogP contribution is -2.18. The fourth-order valence-corrected chi connectivity index (χ4v) is 5.68. The zero-order valence-electron chi connectivity index (χ0n) is 21.9. The number of halogens is 2. The molecule has 1 atom stereocenters. The molecule has 1 saturated carbocycles. The van der Waals surface area contributed by atoms with Crippen LogP contribution in [0.3, 0.4) is 0 Å². The number of rotatable bonds is 9. The average Bonchev–Trinajstić information content (AvgIpc) is 3.39. The van der Waals surface area contributed by atoms with Crippen molar-refractivity contribution in [3.05, 3.63) is 69.6 Å². The van der Waals surface area contributed by atoms with Gasteiger partial charge in [-0.3, -0.25) is 10.1 Å². The molecule has 1 amide bonds. The van der Waals surface area contributed by atoms with Crippen LogP contribution in [0, 0.1) is 17.6 Å². The van der Waals surface area contributed by atoms with E-state index < -0.39 is 29.1 Å². The highest BCUT2D eigenvalue weighted by atomic mass is 32.1. The molecule has 1 unspecified atom stereocenters. The minimum atomic E-state index is -1.30. The number of anilines is 1. The van der Waals surface area contributed by atoms with Gasteiger partial charge in [0.05, 0.1) is 18.9 Å². The first kappa shape index (κ1) is 28.4. The SMILES string of the molecule is COc1c(-c2csc(NC(=O)c3cc(F)c(/C=C(\C)C(=O)O)c(F)c3)n2)cccc1C(OC)C1CCCCC1. The Morgan fingerprint density at radius 1 is 1.15 bits per heavy atom. The second-order valence-corrected chi connectivity index (χ2v) is 10.3. The van der Waals surface area contributed by atoms with E-state index >= 15 is 0 Å². The summed E-state index contributed by atoms with van der Waals surface area (Å²) in [6.07, 6.45) is 6.55. The van der Waals surface area contributed by atoms with Gasteiger partial charge in [0.2, 0.25) is 0 Å². The Kier molecular flexibility index (Phi) is 9.08. The molecule has 39 heavy (non-hydrogen) atoms. The van der Waals surface area contributed by atoms with Crippen molar-refractivity contribution in [2.45, 2.75) is 45.1 Å². The van der Waals surface area contributed by atoms with Crippen LogP contribution < -0.4 is 10.1 Å². The van der Waals surface area contributed by atoms with Gasteiger partial charge in [-0.2, -0.15) is 0 Å². The minimum absolute atomic E-state index is 0.111. The maximum atomic E-state index is 14.5. The van der Waals surface area contributed by atoms with Crippen LogP contribution in [-0.4, -0.2) is 36.2 Å². The van der Waals surface area contributed by atoms with E-state index in [1.807, 2.05) is 18.2 Å². The molecule has 10 heteroatoms. The highest BCUT2D eigenvalue weighted by Gasteiger charge is 2.29.